The molecule has 0 amide bonds. The molecule has 0 radical (unpaired) electrons. The van der Waals surface area contributed by atoms with Gasteiger partial charge in [0, 0.05) is 23.2 Å². The van der Waals surface area contributed by atoms with E-state index in [1.165, 1.54) is 0 Å². The molecule has 3 nitrogen and oxygen atoms in total. The van der Waals surface area contributed by atoms with Crippen molar-refractivity contribution in [1.82, 2.24) is 5.32 Å². The highest BCUT2D eigenvalue weighted by molar-refractivity contribution is 6.30. The van der Waals surface area contributed by atoms with Gasteiger partial charge in [0.25, 0.3) is 0 Å². The lowest BCUT2D eigenvalue weighted by Crippen LogP contribution is -2.33. The standard InChI is InChI=1S/C14H22ClNO2/c1-9(2)4-13(8-17)16-7-11-6-12(15)5-10(3)14(11)18/h5-6,9,13,16-18H,4,7-8H2,1-3H3. The number of aliphatic hydroxyl groups is 1. The smallest absolute Gasteiger partial charge is 0.123 e. The maximum atomic E-state index is 9.93. The molecule has 0 aliphatic carbocycles. The van der Waals surface area contributed by atoms with Crippen molar-refractivity contribution in [2.75, 3.05) is 6.61 Å². The van der Waals surface area contributed by atoms with Crippen LogP contribution in [0.3, 0.4) is 0 Å². The molecule has 1 aromatic carbocycles. The van der Waals surface area contributed by atoms with Crippen molar-refractivity contribution >= 4 is 11.6 Å². The Labute approximate surface area is 114 Å². The predicted molar refractivity (Wildman–Crippen MR) is 75.0 cm³/mol. The lowest BCUT2D eigenvalue weighted by molar-refractivity contribution is 0.223. The third-order valence-electron chi connectivity index (χ3n) is 2.90. The molecule has 0 spiro atoms. The van der Waals surface area contributed by atoms with Gasteiger partial charge in [-0.3, -0.25) is 0 Å². The maximum Gasteiger partial charge on any atom is 0.123 e. The Morgan fingerprint density at radius 1 is 1.33 bits per heavy atom. The van der Waals surface area contributed by atoms with Gasteiger partial charge in [-0.05, 0) is 37.0 Å². The van der Waals surface area contributed by atoms with Crippen LogP contribution < -0.4 is 5.32 Å². The van der Waals surface area contributed by atoms with Crippen LogP contribution in [0.1, 0.15) is 31.4 Å². The topological polar surface area (TPSA) is 52.5 Å². The number of phenolic OH excluding ortho intramolecular Hbond substituents is 1. The first-order chi connectivity index (χ1) is 8.43. The van der Waals surface area contributed by atoms with Gasteiger partial charge in [-0.1, -0.05) is 25.4 Å². The molecular weight excluding hydrogens is 250 g/mol. The fraction of sp³-hybridized carbons (Fsp3) is 0.571. The van der Waals surface area contributed by atoms with Crippen LogP contribution in [0.15, 0.2) is 12.1 Å². The molecule has 0 aromatic heterocycles. The predicted octanol–water partition coefficient (Wildman–Crippen LogP) is 2.85. The number of aliphatic hydroxyl groups excluding tert-OH is 1. The summed E-state index contributed by atoms with van der Waals surface area (Å²) >= 11 is 5.97. The van der Waals surface area contributed by atoms with Crippen LogP contribution >= 0.6 is 11.6 Å². The summed E-state index contributed by atoms with van der Waals surface area (Å²) in [6.07, 6.45) is 0.900. The van der Waals surface area contributed by atoms with Gasteiger partial charge in [0.2, 0.25) is 0 Å². The van der Waals surface area contributed by atoms with Crippen LogP contribution in [-0.4, -0.2) is 22.9 Å². The molecule has 1 atom stereocenters. The average molecular weight is 272 g/mol. The van der Waals surface area contributed by atoms with Crippen molar-refractivity contribution in [3.8, 4) is 5.75 Å². The van der Waals surface area contributed by atoms with E-state index in [2.05, 4.69) is 19.2 Å². The largest absolute Gasteiger partial charge is 0.507 e. The molecule has 0 saturated carbocycles. The second-order valence-electron chi connectivity index (χ2n) is 5.12. The van der Waals surface area contributed by atoms with Gasteiger partial charge in [-0.2, -0.15) is 0 Å². The van der Waals surface area contributed by atoms with E-state index in [1.807, 2.05) is 6.92 Å². The minimum Gasteiger partial charge on any atom is -0.507 e. The quantitative estimate of drug-likeness (QED) is 0.746. The van der Waals surface area contributed by atoms with Crippen molar-refractivity contribution in [3.05, 3.63) is 28.3 Å². The minimum atomic E-state index is 0.0451. The van der Waals surface area contributed by atoms with Crippen LogP contribution in [-0.2, 0) is 6.54 Å². The van der Waals surface area contributed by atoms with Crippen LogP contribution in [0, 0.1) is 12.8 Å². The second kappa shape index (κ2) is 6.98. The van der Waals surface area contributed by atoms with E-state index in [9.17, 15) is 10.2 Å². The van der Waals surface area contributed by atoms with Gasteiger partial charge in [0.15, 0.2) is 0 Å². The molecule has 0 aliphatic rings. The zero-order chi connectivity index (χ0) is 13.7. The summed E-state index contributed by atoms with van der Waals surface area (Å²) in [7, 11) is 0. The summed E-state index contributed by atoms with van der Waals surface area (Å²) in [5.74, 6) is 0.789. The Balaban J connectivity index is 2.67. The molecule has 102 valence electrons. The van der Waals surface area contributed by atoms with Crippen LogP contribution in [0.25, 0.3) is 0 Å². The average Bonchev–Trinajstić information content (AvgIpc) is 2.29. The molecule has 0 aliphatic heterocycles. The van der Waals surface area contributed by atoms with Crippen LogP contribution in [0.4, 0.5) is 0 Å². The van der Waals surface area contributed by atoms with Gasteiger partial charge < -0.3 is 15.5 Å². The number of benzene rings is 1. The van der Waals surface area contributed by atoms with E-state index in [4.69, 9.17) is 11.6 Å². The summed E-state index contributed by atoms with van der Waals surface area (Å²) < 4.78 is 0. The number of rotatable bonds is 6. The zero-order valence-corrected chi connectivity index (χ0v) is 12.0. The Hall–Kier alpha value is -0.770. The van der Waals surface area contributed by atoms with E-state index in [-0.39, 0.29) is 18.4 Å². The van der Waals surface area contributed by atoms with Gasteiger partial charge in [-0.25, -0.2) is 0 Å². The number of aryl methyl sites for hydroxylation is 1. The third-order valence-corrected chi connectivity index (χ3v) is 3.12. The Morgan fingerprint density at radius 2 is 2.00 bits per heavy atom. The highest BCUT2D eigenvalue weighted by atomic mass is 35.5. The monoisotopic (exact) mass is 271 g/mol. The van der Waals surface area contributed by atoms with Gasteiger partial charge in [0.05, 0.1) is 6.61 Å². The van der Waals surface area contributed by atoms with Crippen molar-refractivity contribution in [2.45, 2.75) is 39.8 Å². The number of hydrogen-bond acceptors (Lipinski definition) is 3. The normalized spacial score (nSPS) is 13.0. The second-order valence-corrected chi connectivity index (χ2v) is 5.56. The van der Waals surface area contributed by atoms with Crippen molar-refractivity contribution in [3.63, 3.8) is 0 Å². The summed E-state index contributed by atoms with van der Waals surface area (Å²) in [6.45, 7) is 6.66. The molecule has 3 N–H and O–H groups in total. The third kappa shape index (κ3) is 4.48. The summed E-state index contributed by atoms with van der Waals surface area (Å²) in [5.41, 5.74) is 1.53. The number of halogens is 1. The molecule has 0 bridgehead atoms. The van der Waals surface area contributed by atoms with Crippen molar-refractivity contribution in [1.29, 1.82) is 0 Å². The lowest BCUT2D eigenvalue weighted by atomic mass is 10.0. The van der Waals surface area contributed by atoms with Gasteiger partial charge in [0.1, 0.15) is 5.75 Å². The molecule has 0 heterocycles. The molecule has 1 rings (SSSR count). The molecule has 4 heteroatoms. The minimum absolute atomic E-state index is 0.0451. The van der Waals surface area contributed by atoms with Crippen molar-refractivity contribution in [2.24, 2.45) is 5.92 Å². The first kappa shape index (κ1) is 15.3. The van der Waals surface area contributed by atoms with Gasteiger partial charge in [-0.15, -0.1) is 0 Å². The van der Waals surface area contributed by atoms with E-state index in [1.54, 1.807) is 12.1 Å². The first-order valence-electron chi connectivity index (χ1n) is 6.26. The number of hydrogen-bond donors (Lipinski definition) is 3. The Bertz CT molecular complexity index is 394. The number of phenols is 1. The highest BCUT2D eigenvalue weighted by Gasteiger charge is 2.11. The van der Waals surface area contributed by atoms with E-state index >= 15 is 0 Å². The van der Waals surface area contributed by atoms with E-state index in [0.717, 1.165) is 17.5 Å². The molecule has 0 saturated heterocycles. The first-order valence-corrected chi connectivity index (χ1v) is 6.64. The zero-order valence-electron chi connectivity index (χ0n) is 11.2. The Morgan fingerprint density at radius 3 is 2.56 bits per heavy atom. The van der Waals surface area contributed by atoms with E-state index < -0.39 is 0 Å². The maximum absolute atomic E-state index is 9.93. The van der Waals surface area contributed by atoms with Crippen LogP contribution in [0.2, 0.25) is 5.02 Å². The Kier molecular flexibility index (Phi) is 5.93. The molecule has 1 aromatic rings. The van der Waals surface area contributed by atoms with E-state index in [0.29, 0.717) is 17.5 Å². The molecule has 1 unspecified atom stereocenters. The number of nitrogens with one attached hydrogen (secondary N) is 1. The molecule has 18 heavy (non-hydrogen) atoms. The summed E-state index contributed by atoms with van der Waals surface area (Å²) in [5, 5.41) is 23.1. The highest BCUT2D eigenvalue weighted by Crippen LogP contribution is 2.26. The van der Waals surface area contributed by atoms with Crippen LogP contribution in [0.5, 0.6) is 5.75 Å². The molecule has 0 fully saturated rings. The lowest BCUT2D eigenvalue weighted by Gasteiger charge is -2.19. The fourth-order valence-corrected chi connectivity index (χ4v) is 2.28. The SMILES string of the molecule is Cc1cc(Cl)cc(CNC(CO)CC(C)C)c1O. The van der Waals surface area contributed by atoms with Crippen molar-refractivity contribution < 1.29 is 10.2 Å². The number of aromatic hydroxyl groups is 1. The van der Waals surface area contributed by atoms with Gasteiger partial charge >= 0.3 is 0 Å². The fourth-order valence-electron chi connectivity index (χ4n) is 1.99. The summed E-state index contributed by atoms with van der Waals surface area (Å²) in [4.78, 5) is 0. The summed E-state index contributed by atoms with van der Waals surface area (Å²) in [6, 6.07) is 3.53. The molecular formula is C14H22ClNO2.